The van der Waals surface area contributed by atoms with Crippen LogP contribution in [0.3, 0.4) is 0 Å². The lowest BCUT2D eigenvalue weighted by molar-refractivity contribution is 0.348. The fourth-order valence-electron chi connectivity index (χ4n) is 3.08. The summed E-state index contributed by atoms with van der Waals surface area (Å²) in [5, 5.41) is 4.09. The first-order chi connectivity index (χ1) is 11.1. The van der Waals surface area contributed by atoms with Crippen LogP contribution in [0.15, 0.2) is 22.7 Å². The van der Waals surface area contributed by atoms with Crippen molar-refractivity contribution in [3.63, 3.8) is 0 Å². The molecule has 1 fully saturated rings. The van der Waals surface area contributed by atoms with Crippen LogP contribution in [-0.2, 0) is 18.4 Å². The number of hydrogen-bond acceptors (Lipinski definition) is 6. The maximum absolute atomic E-state index is 6.36. The molecule has 0 bridgehead atoms. The van der Waals surface area contributed by atoms with Gasteiger partial charge in [0.05, 0.1) is 19.8 Å². The lowest BCUT2D eigenvalue weighted by atomic mass is 9.99. The molecule has 1 aromatic carbocycles. The number of methoxy groups -OCH3 is 2. The summed E-state index contributed by atoms with van der Waals surface area (Å²) in [6.07, 6.45) is 5.60. The highest BCUT2D eigenvalue weighted by Gasteiger charge is 2.35. The van der Waals surface area contributed by atoms with E-state index in [0.717, 1.165) is 49.2 Å². The Morgan fingerprint density at radius 3 is 2.50 bits per heavy atom. The smallest absolute Gasteiger partial charge is 0.227 e. The maximum atomic E-state index is 6.36. The van der Waals surface area contributed by atoms with Gasteiger partial charge in [-0.2, -0.15) is 4.98 Å². The summed E-state index contributed by atoms with van der Waals surface area (Å²) < 4.78 is 15.9. The molecule has 1 aromatic heterocycles. The van der Waals surface area contributed by atoms with Crippen molar-refractivity contribution in [3.05, 3.63) is 35.5 Å². The van der Waals surface area contributed by atoms with Crippen molar-refractivity contribution in [1.29, 1.82) is 0 Å². The van der Waals surface area contributed by atoms with Crippen molar-refractivity contribution in [2.75, 3.05) is 14.2 Å². The van der Waals surface area contributed by atoms with Crippen molar-refractivity contribution < 1.29 is 14.0 Å². The van der Waals surface area contributed by atoms with E-state index in [0.29, 0.717) is 18.1 Å². The first kappa shape index (κ1) is 18.5. The Kier molecular flexibility index (Phi) is 6.07. The zero-order valence-corrected chi connectivity index (χ0v) is 14.9. The Bertz CT molecular complexity index is 669. The third kappa shape index (κ3) is 3.82. The largest absolute Gasteiger partial charge is 0.493 e. The molecule has 0 saturated heterocycles. The molecule has 6 nitrogen and oxygen atoms in total. The normalized spacial score (nSPS) is 15.8. The second-order valence-corrected chi connectivity index (χ2v) is 6.06. The highest BCUT2D eigenvalue weighted by Crippen LogP contribution is 2.34. The molecule has 1 aliphatic rings. The Balaban J connectivity index is 0.00000208. The molecule has 24 heavy (non-hydrogen) atoms. The Morgan fingerprint density at radius 1 is 1.12 bits per heavy atom. The minimum atomic E-state index is -0.398. The molecule has 0 radical (unpaired) electrons. The van der Waals surface area contributed by atoms with E-state index in [1.165, 1.54) is 0 Å². The second kappa shape index (κ2) is 7.85. The van der Waals surface area contributed by atoms with Gasteiger partial charge in [0.2, 0.25) is 5.89 Å². The van der Waals surface area contributed by atoms with Crippen molar-refractivity contribution in [2.45, 2.75) is 44.1 Å². The van der Waals surface area contributed by atoms with E-state index in [2.05, 4.69) is 10.1 Å². The van der Waals surface area contributed by atoms with Crippen LogP contribution in [0.1, 0.15) is 43.0 Å². The molecule has 1 aliphatic carbocycles. The summed E-state index contributed by atoms with van der Waals surface area (Å²) in [4.78, 5) is 4.50. The molecule has 0 unspecified atom stereocenters. The number of ether oxygens (including phenoxy) is 2. The van der Waals surface area contributed by atoms with Crippen LogP contribution >= 0.6 is 12.4 Å². The number of aromatic nitrogens is 2. The number of benzene rings is 1. The van der Waals surface area contributed by atoms with Crippen molar-refractivity contribution in [3.8, 4) is 11.5 Å². The van der Waals surface area contributed by atoms with E-state index in [4.69, 9.17) is 19.7 Å². The van der Waals surface area contributed by atoms with Gasteiger partial charge in [0.15, 0.2) is 17.3 Å². The lowest BCUT2D eigenvalue weighted by Crippen LogP contribution is -2.34. The van der Waals surface area contributed by atoms with Crippen molar-refractivity contribution in [2.24, 2.45) is 5.73 Å². The van der Waals surface area contributed by atoms with Crippen LogP contribution in [0.2, 0.25) is 0 Å². The number of nitrogens with zero attached hydrogens (tertiary/aromatic N) is 2. The standard InChI is InChI=1S/C17H23N3O3.ClH/c1-21-13-7-5-12(11-14(13)22-2)6-8-15-19-16(20-23-15)17(18)9-3-4-10-17;/h5,7,11H,3-4,6,8-10,18H2,1-2H3;1H. The second-order valence-electron chi connectivity index (χ2n) is 6.06. The molecule has 1 saturated carbocycles. The van der Waals surface area contributed by atoms with Crippen molar-refractivity contribution in [1.82, 2.24) is 10.1 Å². The van der Waals surface area contributed by atoms with Gasteiger partial charge in [-0.3, -0.25) is 0 Å². The van der Waals surface area contributed by atoms with Gasteiger partial charge in [-0.15, -0.1) is 12.4 Å². The molecule has 1 heterocycles. The molecular formula is C17H24ClN3O3. The summed E-state index contributed by atoms with van der Waals surface area (Å²) in [6.45, 7) is 0. The van der Waals surface area contributed by atoms with Gasteiger partial charge in [0.25, 0.3) is 0 Å². The van der Waals surface area contributed by atoms with Gasteiger partial charge in [-0.05, 0) is 37.0 Å². The minimum absolute atomic E-state index is 0. The van der Waals surface area contributed by atoms with Gasteiger partial charge in [0, 0.05) is 6.42 Å². The predicted octanol–water partition coefficient (Wildman–Crippen LogP) is 3.02. The van der Waals surface area contributed by atoms with E-state index < -0.39 is 5.54 Å². The van der Waals surface area contributed by atoms with Gasteiger partial charge in [0.1, 0.15) is 0 Å². The summed E-state index contributed by atoms with van der Waals surface area (Å²) in [5.74, 6) is 2.73. The molecule has 0 aliphatic heterocycles. The summed E-state index contributed by atoms with van der Waals surface area (Å²) in [6, 6.07) is 5.89. The maximum Gasteiger partial charge on any atom is 0.227 e. The number of rotatable bonds is 6. The average molecular weight is 354 g/mol. The molecule has 2 N–H and O–H groups in total. The van der Waals surface area contributed by atoms with E-state index in [-0.39, 0.29) is 12.4 Å². The van der Waals surface area contributed by atoms with Crippen LogP contribution in [0, 0.1) is 0 Å². The molecule has 7 heteroatoms. The van der Waals surface area contributed by atoms with Crippen LogP contribution in [-0.4, -0.2) is 24.4 Å². The predicted molar refractivity (Wildman–Crippen MR) is 92.8 cm³/mol. The molecule has 0 atom stereocenters. The fourth-order valence-corrected chi connectivity index (χ4v) is 3.08. The summed E-state index contributed by atoms with van der Waals surface area (Å²) >= 11 is 0. The zero-order valence-electron chi connectivity index (χ0n) is 14.1. The monoisotopic (exact) mass is 353 g/mol. The van der Waals surface area contributed by atoms with Crippen LogP contribution in [0.25, 0.3) is 0 Å². The average Bonchev–Trinajstić information content (AvgIpc) is 3.22. The minimum Gasteiger partial charge on any atom is -0.493 e. The molecule has 0 spiro atoms. The first-order valence-electron chi connectivity index (χ1n) is 7.97. The number of aryl methyl sites for hydroxylation is 2. The van der Waals surface area contributed by atoms with Gasteiger partial charge in [-0.1, -0.05) is 24.1 Å². The Morgan fingerprint density at radius 2 is 1.83 bits per heavy atom. The van der Waals surface area contributed by atoms with Crippen LogP contribution in [0.5, 0.6) is 11.5 Å². The molecule has 2 aromatic rings. The number of halogens is 1. The molecule has 132 valence electrons. The molecule has 0 amide bonds. The first-order valence-corrected chi connectivity index (χ1v) is 7.97. The number of nitrogens with two attached hydrogens (primary N) is 1. The van der Waals surface area contributed by atoms with E-state index >= 15 is 0 Å². The Labute approximate surface area is 148 Å². The summed E-state index contributed by atoms with van der Waals surface area (Å²) in [7, 11) is 3.26. The SMILES string of the molecule is COc1ccc(CCc2nc(C3(N)CCCC3)no2)cc1OC.Cl. The zero-order chi connectivity index (χ0) is 16.3. The van der Waals surface area contributed by atoms with E-state index in [1.54, 1.807) is 14.2 Å². The summed E-state index contributed by atoms with van der Waals surface area (Å²) in [5.41, 5.74) is 7.09. The Hall–Kier alpha value is -1.79. The third-order valence-corrected chi connectivity index (χ3v) is 4.48. The van der Waals surface area contributed by atoms with E-state index in [1.807, 2.05) is 18.2 Å². The molecule has 3 rings (SSSR count). The van der Waals surface area contributed by atoms with Gasteiger partial charge >= 0.3 is 0 Å². The van der Waals surface area contributed by atoms with Crippen LogP contribution < -0.4 is 15.2 Å². The highest BCUT2D eigenvalue weighted by atomic mass is 35.5. The van der Waals surface area contributed by atoms with Gasteiger partial charge < -0.3 is 19.7 Å². The van der Waals surface area contributed by atoms with Crippen molar-refractivity contribution >= 4 is 12.4 Å². The third-order valence-electron chi connectivity index (χ3n) is 4.48. The lowest BCUT2D eigenvalue weighted by Gasteiger charge is -2.17. The quantitative estimate of drug-likeness (QED) is 0.859. The van der Waals surface area contributed by atoms with E-state index in [9.17, 15) is 0 Å². The number of hydrogen-bond donors (Lipinski definition) is 1. The highest BCUT2D eigenvalue weighted by molar-refractivity contribution is 5.85. The van der Waals surface area contributed by atoms with Crippen LogP contribution in [0.4, 0.5) is 0 Å². The topological polar surface area (TPSA) is 83.4 Å². The molecular weight excluding hydrogens is 330 g/mol. The fraction of sp³-hybridized carbons (Fsp3) is 0.529. The van der Waals surface area contributed by atoms with Gasteiger partial charge in [-0.25, -0.2) is 0 Å².